The molecule has 0 spiro atoms. The van der Waals surface area contributed by atoms with Crippen molar-refractivity contribution in [2.45, 2.75) is 70.0 Å². The SMILES string of the molecule is O=C(NC1CCCCC1)[C@H](Cc1ccccc1)N(Cc1ccc(Br)cc1)C(=O)CCc1ccc2c(c1)OCCO2. The highest BCUT2D eigenvalue weighted by atomic mass is 79.9. The Bertz CT molecular complexity index is 1280. The Morgan fingerprint density at radius 1 is 0.850 bits per heavy atom. The fourth-order valence-corrected chi connectivity index (χ4v) is 5.79. The van der Waals surface area contributed by atoms with Gasteiger partial charge in [0.1, 0.15) is 19.3 Å². The van der Waals surface area contributed by atoms with Crippen molar-refractivity contribution in [2.24, 2.45) is 0 Å². The maximum absolute atomic E-state index is 14.0. The van der Waals surface area contributed by atoms with E-state index in [-0.39, 0.29) is 24.3 Å². The maximum atomic E-state index is 14.0. The number of carbonyl (C=O) groups excluding carboxylic acids is 2. The van der Waals surface area contributed by atoms with E-state index in [0.717, 1.165) is 58.3 Å². The maximum Gasteiger partial charge on any atom is 0.243 e. The molecule has 5 rings (SSSR count). The van der Waals surface area contributed by atoms with E-state index in [4.69, 9.17) is 9.47 Å². The van der Waals surface area contributed by atoms with E-state index in [0.29, 0.717) is 32.6 Å². The highest BCUT2D eigenvalue weighted by Gasteiger charge is 2.31. The van der Waals surface area contributed by atoms with Crippen molar-refractivity contribution >= 4 is 27.7 Å². The molecule has 1 aliphatic heterocycles. The van der Waals surface area contributed by atoms with Crippen molar-refractivity contribution in [3.63, 3.8) is 0 Å². The first-order chi connectivity index (χ1) is 19.5. The molecule has 0 aromatic heterocycles. The van der Waals surface area contributed by atoms with Gasteiger partial charge in [-0.25, -0.2) is 0 Å². The number of aryl methyl sites for hydroxylation is 1. The van der Waals surface area contributed by atoms with Crippen LogP contribution in [0.25, 0.3) is 0 Å². The monoisotopic (exact) mass is 604 g/mol. The number of ether oxygens (including phenoxy) is 2. The first-order valence-electron chi connectivity index (χ1n) is 14.3. The third-order valence-electron chi connectivity index (χ3n) is 7.72. The van der Waals surface area contributed by atoms with Crippen LogP contribution in [-0.4, -0.2) is 42.0 Å². The second-order valence-electron chi connectivity index (χ2n) is 10.7. The molecule has 2 aliphatic rings. The van der Waals surface area contributed by atoms with Crippen LogP contribution in [0.5, 0.6) is 11.5 Å². The average Bonchev–Trinajstić information content (AvgIpc) is 2.99. The number of nitrogens with zero attached hydrogens (tertiary/aromatic N) is 1. The molecule has 1 fully saturated rings. The predicted octanol–water partition coefficient (Wildman–Crippen LogP) is 6.24. The van der Waals surface area contributed by atoms with Gasteiger partial charge in [-0.2, -0.15) is 0 Å². The summed E-state index contributed by atoms with van der Waals surface area (Å²) in [5.74, 6) is 1.34. The van der Waals surface area contributed by atoms with Crippen LogP contribution in [-0.2, 0) is 29.0 Å². The molecule has 1 atom stereocenters. The fraction of sp³-hybridized carbons (Fsp3) is 0.394. The summed E-state index contributed by atoms with van der Waals surface area (Å²) in [6, 6.07) is 23.3. The molecule has 1 aliphatic carbocycles. The zero-order chi connectivity index (χ0) is 27.7. The minimum atomic E-state index is -0.610. The molecule has 0 unspecified atom stereocenters. The largest absolute Gasteiger partial charge is 0.486 e. The van der Waals surface area contributed by atoms with Crippen LogP contribution in [0.1, 0.15) is 55.2 Å². The standard InChI is InChI=1S/C33H37BrN2O4/c34-27-15-11-26(12-16-27)23-36(32(37)18-14-25-13-17-30-31(22-25)40-20-19-39-30)29(21-24-7-3-1-4-8-24)33(38)35-28-9-5-2-6-10-28/h1,3-4,7-8,11-13,15-17,22,28-29H,2,5-6,9-10,14,18-21,23H2,(H,35,38)/t29-/m0/s1. The van der Waals surface area contributed by atoms with Gasteiger partial charge in [-0.1, -0.05) is 83.7 Å². The molecule has 1 N–H and O–H groups in total. The Morgan fingerprint density at radius 3 is 2.30 bits per heavy atom. The fourth-order valence-electron chi connectivity index (χ4n) is 5.52. The summed E-state index contributed by atoms with van der Waals surface area (Å²) < 4.78 is 12.4. The van der Waals surface area contributed by atoms with Crippen molar-refractivity contribution in [3.05, 3.63) is 94.0 Å². The summed E-state index contributed by atoms with van der Waals surface area (Å²) in [6.07, 6.45) is 6.77. The Morgan fingerprint density at radius 2 is 1.55 bits per heavy atom. The van der Waals surface area contributed by atoms with Gasteiger partial charge in [0.15, 0.2) is 11.5 Å². The van der Waals surface area contributed by atoms with Crippen molar-refractivity contribution < 1.29 is 19.1 Å². The molecule has 3 aromatic rings. The van der Waals surface area contributed by atoms with Crippen molar-refractivity contribution in [3.8, 4) is 11.5 Å². The van der Waals surface area contributed by atoms with Crippen LogP contribution < -0.4 is 14.8 Å². The molecular formula is C33H37BrN2O4. The lowest BCUT2D eigenvalue weighted by Gasteiger charge is -2.33. The summed E-state index contributed by atoms with van der Waals surface area (Å²) in [5, 5.41) is 3.31. The van der Waals surface area contributed by atoms with Crippen LogP contribution in [0.15, 0.2) is 77.3 Å². The van der Waals surface area contributed by atoms with E-state index in [1.54, 1.807) is 4.90 Å². The highest BCUT2D eigenvalue weighted by molar-refractivity contribution is 9.10. The van der Waals surface area contributed by atoms with Crippen LogP contribution in [0, 0.1) is 0 Å². The Balaban J connectivity index is 1.39. The van der Waals surface area contributed by atoms with Gasteiger partial charge in [0, 0.05) is 29.9 Å². The smallest absolute Gasteiger partial charge is 0.243 e. The van der Waals surface area contributed by atoms with E-state index in [9.17, 15) is 9.59 Å². The van der Waals surface area contributed by atoms with Crippen LogP contribution >= 0.6 is 15.9 Å². The number of hydrogen-bond acceptors (Lipinski definition) is 4. The molecule has 2 amide bonds. The number of hydrogen-bond donors (Lipinski definition) is 1. The van der Waals surface area contributed by atoms with Gasteiger partial charge in [0.2, 0.25) is 11.8 Å². The molecule has 6 nitrogen and oxygen atoms in total. The Hall–Kier alpha value is -3.32. The topological polar surface area (TPSA) is 67.9 Å². The van der Waals surface area contributed by atoms with E-state index in [1.165, 1.54) is 6.42 Å². The molecule has 3 aromatic carbocycles. The van der Waals surface area contributed by atoms with E-state index < -0.39 is 6.04 Å². The third-order valence-corrected chi connectivity index (χ3v) is 8.25. The molecule has 1 heterocycles. The normalized spacial score (nSPS) is 15.7. The number of rotatable bonds is 10. The molecular weight excluding hydrogens is 568 g/mol. The van der Waals surface area contributed by atoms with Gasteiger partial charge in [-0.05, 0) is 60.2 Å². The Kier molecular flexibility index (Phi) is 9.76. The van der Waals surface area contributed by atoms with Gasteiger partial charge < -0.3 is 19.7 Å². The molecule has 210 valence electrons. The Labute approximate surface area is 245 Å². The third kappa shape index (κ3) is 7.66. The minimum absolute atomic E-state index is 0.0440. The summed E-state index contributed by atoms with van der Waals surface area (Å²) in [4.78, 5) is 29.7. The summed E-state index contributed by atoms with van der Waals surface area (Å²) in [7, 11) is 0. The van der Waals surface area contributed by atoms with Crippen molar-refractivity contribution in [2.75, 3.05) is 13.2 Å². The van der Waals surface area contributed by atoms with Crippen molar-refractivity contribution in [1.82, 2.24) is 10.2 Å². The molecule has 0 saturated heterocycles. The molecule has 40 heavy (non-hydrogen) atoms. The number of nitrogens with one attached hydrogen (secondary N) is 1. The summed E-state index contributed by atoms with van der Waals surface area (Å²) in [6.45, 7) is 1.43. The van der Waals surface area contributed by atoms with Gasteiger partial charge in [-0.15, -0.1) is 0 Å². The predicted molar refractivity (Wildman–Crippen MR) is 159 cm³/mol. The van der Waals surface area contributed by atoms with E-state index >= 15 is 0 Å². The molecule has 7 heteroatoms. The van der Waals surface area contributed by atoms with Gasteiger partial charge >= 0.3 is 0 Å². The first-order valence-corrected chi connectivity index (χ1v) is 15.1. The second kappa shape index (κ2) is 13.8. The molecule has 1 saturated carbocycles. The lowest BCUT2D eigenvalue weighted by molar-refractivity contribution is -0.141. The van der Waals surface area contributed by atoms with Crippen LogP contribution in [0.3, 0.4) is 0 Å². The quantitative estimate of drug-likeness (QED) is 0.297. The lowest BCUT2D eigenvalue weighted by atomic mass is 9.94. The summed E-state index contributed by atoms with van der Waals surface area (Å²) in [5.41, 5.74) is 3.03. The summed E-state index contributed by atoms with van der Waals surface area (Å²) >= 11 is 3.51. The number of benzene rings is 3. The van der Waals surface area contributed by atoms with Gasteiger partial charge in [-0.3, -0.25) is 9.59 Å². The van der Waals surface area contributed by atoms with Crippen LogP contribution in [0.4, 0.5) is 0 Å². The number of carbonyl (C=O) groups is 2. The second-order valence-corrected chi connectivity index (χ2v) is 11.6. The van der Waals surface area contributed by atoms with Crippen molar-refractivity contribution in [1.29, 1.82) is 0 Å². The molecule has 0 bridgehead atoms. The molecule has 0 radical (unpaired) electrons. The van der Waals surface area contributed by atoms with Gasteiger partial charge in [0.05, 0.1) is 0 Å². The number of amides is 2. The average molecular weight is 606 g/mol. The van der Waals surface area contributed by atoms with Gasteiger partial charge in [0.25, 0.3) is 0 Å². The number of fused-ring (bicyclic) bond motifs is 1. The van der Waals surface area contributed by atoms with E-state index in [2.05, 4.69) is 21.2 Å². The minimum Gasteiger partial charge on any atom is -0.486 e. The van der Waals surface area contributed by atoms with Crippen LogP contribution in [0.2, 0.25) is 0 Å². The zero-order valence-electron chi connectivity index (χ0n) is 22.8. The highest BCUT2D eigenvalue weighted by Crippen LogP contribution is 2.31. The first kappa shape index (κ1) is 28.2. The number of halogens is 1. The van der Waals surface area contributed by atoms with E-state index in [1.807, 2.05) is 72.8 Å². The zero-order valence-corrected chi connectivity index (χ0v) is 24.4. The lowest BCUT2D eigenvalue weighted by Crippen LogP contribution is -2.52.